The smallest absolute Gasteiger partial charge is 0.376 e. The fraction of sp³-hybridized carbons (Fsp3) is 0.217. The maximum Gasteiger partial charge on any atom is 0.416 e. The Morgan fingerprint density at radius 3 is 0.861 bits per heavy atom. The molecule has 0 fully saturated rings. The predicted octanol–water partition coefficient (Wildman–Crippen LogP) is 8.05. The van der Waals surface area contributed by atoms with E-state index in [0.29, 0.717) is 0 Å². The highest BCUT2D eigenvalue weighted by Gasteiger charge is 2.44. The van der Waals surface area contributed by atoms with E-state index >= 15 is 0 Å². The third-order valence-corrected chi connectivity index (χ3v) is 5.20. The number of benzene rings is 3. The zero-order valence-corrected chi connectivity index (χ0v) is 17.3. The molecular formula is C23H12F12O. The quantitative estimate of drug-likeness (QED) is 0.268. The van der Waals surface area contributed by atoms with Gasteiger partial charge in [-0.3, -0.25) is 0 Å². The standard InChI is InChI=1S/C23H12F12O/c24-20(25,26)15-6-13(7-16(10-15)21(27,28)29)19(36,12-4-2-1-3-5-12)14-8-17(22(30,31)32)11-18(9-14)23(33,34)35/h1-11,36H. The maximum absolute atomic E-state index is 13.4. The van der Waals surface area contributed by atoms with E-state index in [1.54, 1.807) is 0 Å². The van der Waals surface area contributed by atoms with Crippen molar-refractivity contribution in [2.45, 2.75) is 30.3 Å². The molecular weight excluding hydrogens is 520 g/mol. The molecule has 0 unspecified atom stereocenters. The predicted molar refractivity (Wildman–Crippen MR) is 101 cm³/mol. The van der Waals surface area contributed by atoms with E-state index in [2.05, 4.69) is 0 Å². The summed E-state index contributed by atoms with van der Waals surface area (Å²) in [6.45, 7) is 0. The van der Waals surface area contributed by atoms with Crippen molar-refractivity contribution in [3.63, 3.8) is 0 Å². The van der Waals surface area contributed by atoms with Crippen LogP contribution in [0.2, 0.25) is 0 Å². The third-order valence-electron chi connectivity index (χ3n) is 5.20. The van der Waals surface area contributed by atoms with Crippen molar-refractivity contribution in [3.8, 4) is 0 Å². The van der Waals surface area contributed by atoms with Crippen LogP contribution in [0.3, 0.4) is 0 Å². The van der Waals surface area contributed by atoms with Gasteiger partial charge in [-0.25, -0.2) is 0 Å². The van der Waals surface area contributed by atoms with Gasteiger partial charge in [0.15, 0.2) is 0 Å². The van der Waals surface area contributed by atoms with E-state index in [-0.39, 0.29) is 36.4 Å². The van der Waals surface area contributed by atoms with Gasteiger partial charge in [0.05, 0.1) is 22.3 Å². The van der Waals surface area contributed by atoms with Crippen molar-refractivity contribution in [2.24, 2.45) is 0 Å². The molecule has 0 spiro atoms. The molecule has 3 aromatic rings. The van der Waals surface area contributed by atoms with Crippen LogP contribution in [-0.4, -0.2) is 5.11 Å². The van der Waals surface area contributed by atoms with Crippen LogP contribution in [0.1, 0.15) is 38.9 Å². The molecule has 0 radical (unpaired) electrons. The van der Waals surface area contributed by atoms with Crippen LogP contribution in [0.15, 0.2) is 66.7 Å². The lowest BCUT2D eigenvalue weighted by atomic mass is 9.78. The molecule has 0 aliphatic heterocycles. The lowest BCUT2D eigenvalue weighted by molar-refractivity contribution is -0.144. The van der Waals surface area contributed by atoms with Crippen LogP contribution >= 0.6 is 0 Å². The summed E-state index contributed by atoms with van der Waals surface area (Å²) in [7, 11) is 0. The molecule has 3 aromatic carbocycles. The van der Waals surface area contributed by atoms with Gasteiger partial charge in [-0.15, -0.1) is 0 Å². The van der Waals surface area contributed by atoms with Gasteiger partial charge in [-0.2, -0.15) is 52.7 Å². The number of halogens is 12. The molecule has 0 bridgehead atoms. The normalized spacial score (nSPS) is 13.7. The molecule has 0 saturated carbocycles. The molecule has 0 heterocycles. The molecule has 0 saturated heterocycles. The molecule has 194 valence electrons. The minimum atomic E-state index is -5.40. The summed E-state index contributed by atoms with van der Waals surface area (Å²) in [6, 6.07) is 5.00. The summed E-state index contributed by atoms with van der Waals surface area (Å²) in [6.07, 6.45) is -21.6. The number of alkyl halides is 12. The molecule has 36 heavy (non-hydrogen) atoms. The van der Waals surface area contributed by atoms with E-state index in [1.807, 2.05) is 0 Å². The molecule has 0 aliphatic carbocycles. The molecule has 0 aliphatic rings. The SMILES string of the molecule is OC(c1ccccc1)(c1cc(C(F)(F)F)cc(C(F)(F)F)c1)c1cc(C(F)(F)F)cc(C(F)(F)F)c1. The van der Waals surface area contributed by atoms with Crippen molar-refractivity contribution in [1.29, 1.82) is 0 Å². The van der Waals surface area contributed by atoms with Gasteiger partial charge < -0.3 is 5.11 Å². The first-order valence-corrected chi connectivity index (χ1v) is 9.62. The Morgan fingerprint density at radius 2 is 0.611 bits per heavy atom. The van der Waals surface area contributed by atoms with Gasteiger partial charge in [0.2, 0.25) is 0 Å². The van der Waals surface area contributed by atoms with Crippen molar-refractivity contribution in [3.05, 3.63) is 106 Å². The summed E-state index contributed by atoms with van der Waals surface area (Å²) in [5.74, 6) is 0. The molecule has 0 amide bonds. The van der Waals surface area contributed by atoms with Crippen LogP contribution in [0, 0.1) is 0 Å². The van der Waals surface area contributed by atoms with Crippen LogP contribution in [0.25, 0.3) is 0 Å². The van der Waals surface area contributed by atoms with E-state index in [4.69, 9.17) is 0 Å². The zero-order chi connectivity index (χ0) is 27.3. The average Bonchev–Trinajstić information content (AvgIpc) is 2.76. The van der Waals surface area contributed by atoms with Crippen LogP contribution < -0.4 is 0 Å². The fourth-order valence-electron chi connectivity index (χ4n) is 3.51. The lowest BCUT2D eigenvalue weighted by Gasteiger charge is -2.32. The van der Waals surface area contributed by atoms with Crippen molar-refractivity contribution in [2.75, 3.05) is 0 Å². The monoisotopic (exact) mass is 532 g/mol. The van der Waals surface area contributed by atoms with Gasteiger partial charge >= 0.3 is 24.7 Å². The second kappa shape index (κ2) is 8.71. The van der Waals surface area contributed by atoms with Crippen LogP contribution in [0.4, 0.5) is 52.7 Å². The first kappa shape index (κ1) is 27.4. The van der Waals surface area contributed by atoms with Gasteiger partial charge in [-0.1, -0.05) is 30.3 Å². The van der Waals surface area contributed by atoms with E-state index in [1.165, 1.54) is 6.07 Å². The molecule has 13 heteroatoms. The topological polar surface area (TPSA) is 20.2 Å². The van der Waals surface area contributed by atoms with Crippen molar-refractivity contribution in [1.82, 2.24) is 0 Å². The van der Waals surface area contributed by atoms with E-state index in [0.717, 1.165) is 24.3 Å². The highest BCUT2D eigenvalue weighted by atomic mass is 19.4. The summed E-state index contributed by atoms with van der Waals surface area (Å²) < 4.78 is 161. The molecule has 0 atom stereocenters. The Hall–Kier alpha value is -3.22. The highest BCUT2D eigenvalue weighted by Crippen LogP contribution is 2.45. The second-order valence-corrected chi connectivity index (χ2v) is 7.67. The largest absolute Gasteiger partial charge is 0.416 e. The minimum Gasteiger partial charge on any atom is -0.376 e. The molecule has 1 N–H and O–H groups in total. The summed E-state index contributed by atoms with van der Waals surface area (Å²) in [5.41, 5.74) is -14.1. The van der Waals surface area contributed by atoms with Gasteiger partial charge in [0.1, 0.15) is 5.60 Å². The second-order valence-electron chi connectivity index (χ2n) is 7.67. The lowest BCUT2D eigenvalue weighted by Crippen LogP contribution is -2.31. The Kier molecular flexibility index (Phi) is 6.63. The maximum atomic E-state index is 13.4. The molecule has 3 rings (SSSR count). The molecule has 1 nitrogen and oxygen atoms in total. The Morgan fingerprint density at radius 1 is 0.361 bits per heavy atom. The van der Waals surface area contributed by atoms with Crippen LogP contribution in [0.5, 0.6) is 0 Å². The van der Waals surface area contributed by atoms with Gasteiger partial charge in [-0.05, 0) is 53.1 Å². The first-order valence-electron chi connectivity index (χ1n) is 9.62. The average molecular weight is 532 g/mol. The first-order chi connectivity index (χ1) is 16.2. The van der Waals surface area contributed by atoms with E-state index in [9.17, 15) is 57.8 Å². The number of hydrogen-bond donors (Lipinski definition) is 1. The Labute approximate surface area is 194 Å². The number of hydrogen-bond acceptors (Lipinski definition) is 1. The van der Waals surface area contributed by atoms with Crippen molar-refractivity contribution >= 4 is 0 Å². The Bertz CT molecular complexity index is 1100. The zero-order valence-electron chi connectivity index (χ0n) is 17.3. The molecule has 0 aromatic heterocycles. The highest BCUT2D eigenvalue weighted by molar-refractivity contribution is 5.52. The summed E-state index contributed by atoms with van der Waals surface area (Å²) in [4.78, 5) is 0. The van der Waals surface area contributed by atoms with Crippen molar-refractivity contribution < 1.29 is 57.8 Å². The van der Waals surface area contributed by atoms with Gasteiger partial charge in [0.25, 0.3) is 0 Å². The Balaban J connectivity index is 2.49. The van der Waals surface area contributed by atoms with E-state index < -0.39 is 69.3 Å². The summed E-state index contributed by atoms with van der Waals surface area (Å²) in [5, 5.41) is 11.5. The van der Waals surface area contributed by atoms with Crippen LogP contribution in [-0.2, 0) is 30.3 Å². The van der Waals surface area contributed by atoms with Gasteiger partial charge in [0, 0.05) is 0 Å². The third kappa shape index (κ3) is 5.45. The number of aliphatic hydroxyl groups is 1. The summed E-state index contributed by atoms with van der Waals surface area (Å²) >= 11 is 0. The fourth-order valence-corrected chi connectivity index (χ4v) is 3.51. The number of rotatable bonds is 3. The minimum absolute atomic E-state index is 0.0375.